The molecule has 1 amide bonds. The van der Waals surface area contributed by atoms with E-state index in [0.29, 0.717) is 41.9 Å². The Labute approximate surface area is 141 Å². The molecule has 1 rings (SSSR count). The number of methoxy groups -OCH3 is 2. The van der Waals surface area contributed by atoms with Crippen LogP contribution in [-0.4, -0.2) is 51.3 Å². The first-order chi connectivity index (χ1) is 10.6. The van der Waals surface area contributed by atoms with Crippen molar-refractivity contribution in [3.8, 4) is 0 Å². The lowest BCUT2D eigenvalue weighted by atomic mass is 10.2. The average Bonchev–Trinajstić information content (AvgIpc) is 2.50. The molecule has 0 spiro atoms. The summed E-state index contributed by atoms with van der Waals surface area (Å²) in [7, 11) is 3.25. The molecule has 0 fully saturated rings. The predicted molar refractivity (Wildman–Crippen MR) is 90.4 cm³/mol. The number of amides is 1. The maximum Gasteiger partial charge on any atom is 0.246 e. The van der Waals surface area contributed by atoms with Crippen LogP contribution in [0, 0.1) is 0 Å². The van der Waals surface area contributed by atoms with E-state index >= 15 is 0 Å². The van der Waals surface area contributed by atoms with Crippen molar-refractivity contribution in [2.24, 2.45) is 0 Å². The molecule has 0 aliphatic rings. The fraction of sp³-hybridized carbons (Fsp3) is 0.438. The van der Waals surface area contributed by atoms with Gasteiger partial charge in [-0.25, -0.2) is 0 Å². The van der Waals surface area contributed by atoms with E-state index in [9.17, 15) is 4.79 Å². The van der Waals surface area contributed by atoms with Crippen molar-refractivity contribution in [3.05, 3.63) is 39.9 Å². The normalized spacial score (nSPS) is 11.1. The van der Waals surface area contributed by atoms with Crippen molar-refractivity contribution in [2.75, 3.05) is 40.5 Å². The highest BCUT2D eigenvalue weighted by Crippen LogP contribution is 2.25. The molecule has 6 heteroatoms. The van der Waals surface area contributed by atoms with Crippen LogP contribution in [0.5, 0.6) is 0 Å². The molecule has 122 valence electrons. The molecule has 0 unspecified atom stereocenters. The smallest absolute Gasteiger partial charge is 0.246 e. The number of hydrogen-bond acceptors (Lipinski definition) is 3. The van der Waals surface area contributed by atoms with E-state index in [2.05, 4.69) is 0 Å². The molecule has 0 aliphatic carbocycles. The molecule has 0 aliphatic heterocycles. The summed E-state index contributed by atoms with van der Waals surface area (Å²) in [4.78, 5) is 14.0. The Morgan fingerprint density at radius 1 is 1.14 bits per heavy atom. The van der Waals surface area contributed by atoms with Crippen molar-refractivity contribution in [1.29, 1.82) is 0 Å². The van der Waals surface area contributed by atoms with Gasteiger partial charge >= 0.3 is 0 Å². The molecule has 1 aromatic carbocycles. The monoisotopic (exact) mass is 345 g/mol. The maximum atomic E-state index is 12.3. The number of benzene rings is 1. The molecule has 0 atom stereocenters. The van der Waals surface area contributed by atoms with Crippen molar-refractivity contribution >= 4 is 35.2 Å². The molecular formula is C16H21Cl2NO3. The number of nitrogens with zero attached hydrogens (tertiary/aromatic N) is 1. The van der Waals surface area contributed by atoms with Gasteiger partial charge in [0.05, 0.1) is 6.61 Å². The minimum absolute atomic E-state index is 0.107. The van der Waals surface area contributed by atoms with E-state index in [0.717, 1.165) is 6.42 Å². The van der Waals surface area contributed by atoms with Crippen LogP contribution < -0.4 is 0 Å². The number of hydrogen-bond donors (Lipinski definition) is 0. The molecule has 4 nitrogen and oxygen atoms in total. The van der Waals surface area contributed by atoms with E-state index in [4.69, 9.17) is 32.7 Å². The first-order valence-electron chi connectivity index (χ1n) is 6.99. The second-order valence-electron chi connectivity index (χ2n) is 4.63. The SMILES string of the molecule is COCCCN(CCOC)C(=O)C=Cc1c(Cl)cccc1Cl. The summed E-state index contributed by atoms with van der Waals surface area (Å²) in [6.07, 6.45) is 3.89. The van der Waals surface area contributed by atoms with Gasteiger partial charge in [0.25, 0.3) is 0 Å². The minimum atomic E-state index is -0.107. The van der Waals surface area contributed by atoms with E-state index in [-0.39, 0.29) is 5.91 Å². The quantitative estimate of drug-likeness (QED) is 0.507. The predicted octanol–water partition coefficient (Wildman–Crippen LogP) is 3.52. The average molecular weight is 346 g/mol. The Morgan fingerprint density at radius 3 is 2.36 bits per heavy atom. The van der Waals surface area contributed by atoms with Gasteiger partial charge in [-0.3, -0.25) is 4.79 Å². The number of ether oxygens (including phenoxy) is 2. The van der Waals surface area contributed by atoms with Gasteiger partial charge in [-0.1, -0.05) is 29.3 Å². The van der Waals surface area contributed by atoms with Crippen LogP contribution in [0.3, 0.4) is 0 Å². The van der Waals surface area contributed by atoms with Gasteiger partial charge in [-0.05, 0) is 24.6 Å². The largest absolute Gasteiger partial charge is 0.385 e. The van der Waals surface area contributed by atoms with Crippen LogP contribution >= 0.6 is 23.2 Å². The van der Waals surface area contributed by atoms with Crippen LogP contribution in [0.25, 0.3) is 6.08 Å². The number of halogens is 2. The summed E-state index contributed by atoms with van der Waals surface area (Å²) in [6.45, 7) is 2.23. The van der Waals surface area contributed by atoms with Crippen LogP contribution in [0.1, 0.15) is 12.0 Å². The maximum absolute atomic E-state index is 12.3. The fourth-order valence-corrected chi connectivity index (χ4v) is 2.39. The van der Waals surface area contributed by atoms with Crippen molar-refractivity contribution in [1.82, 2.24) is 4.90 Å². The Kier molecular flexibility index (Phi) is 9.16. The zero-order valence-corrected chi connectivity index (χ0v) is 14.4. The Balaban J connectivity index is 2.74. The summed E-state index contributed by atoms with van der Waals surface area (Å²) in [6, 6.07) is 5.23. The number of carbonyl (C=O) groups is 1. The zero-order valence-electron chi connectivity index (χ0n) is 12.9. The molecule has 0 heterocycles. The highest BCUT2D eigenvalue weighted by Gasteiger charge is 2.10. The molecule has 0 aromatic heterocycles. The number of carbonyl (C=O) groups excluding carboxylic acids is 1. The first kappa shape index (κ1) is 19.0. The highest BCUT2D eigenvalue weighted by molar-refractivity contribution is 6.37. The van der Waals surface area contributed by atoms with E-state index in [1.165, 1.54) is 6.08 Å². The molecule has 0 bridgehead atoms. The highest BCUT2D eigenvalue weighted by atomic mass is 35.5. The lowest BCUT2D eigenvalue weighted by Gasteiger charge is -2.20. The molecule has 0 saturated heterocycles. The van der Waals surface area contributed by atoms with Gasteiger partial charge in [-0.2, -0.15) is 0 Å². The third kappa shape index (κ3) is 6.36. The van der Waals surface area contributed by atoms with Crippen molar-refractivity contribution in [2.45, 2.75) is 6.42 Å². The van der Waals surface area contributed by atoms with E-state index < -0.39 is 0 Å². The Morgan fingerprint density at radius 2 is 1.77 bits per heavy atom. The molecule has 1 aromatic rings. The van der Waals surface area contributed by atoms with Crippen molar-refractivity contribution < 1.29 is 14.3 Å². The molecular weight excluding hydrogens is 325 g/mol. The van der Waals surface area contributed by atoms with Crippen LogP contribution in [0.4, 0.5) is 0 Å². The summed E-state index contributed by atoms with van der Waals surface area (Å²) >= 11 is 12.2. The van der Waals surface area contributed by atoms with Gasteiger partial charge in [0.15, 0.2) is 0 Å². The van der Waals surface area contributed by atoms with Crippen LogP contribution in [0.15, 0.2) is 24.3 Å². The van der Waals surface area contributed by atoms with Crippen LogP contribution in [-0.2, 0) is 14.3 Å². The van der Waals surface area contributed by atoms with E-state index in [1.807, 2.05) is 0 Å². The minimum Gasteiger partial charge on any atom is -0.385 e. The fourth-order valence-electron chi connectivity index (χ4n) is 1.86. The summed E-state index contributed by atoms with van der Waals surface area (Å²) in [5.74, 6) is -0.107. The first-order valence-corrected chi connectivity index (χ1v) is 7.74. The topological polar surface area (TPSA) is 38.8 Å². The standard InChI is InChI=1S/C16H21Cl2NO3/c1-21-11-4-9-19(10-12-22-2)16(20)8-7-13-14(17)5-3-6-15(13)18/h3,5-8H,4,9-12H2,1-2H3. The second kappa shape index (κ2) is 10.6. The lowest BCUT2D eigenvalue weighted by Crippen LogP contribution is -2.34. The van der Waals surface area contributed by atoms with Gasteiger partial charge in [0, 0.05) is 55.6 Å². The Hall–Kier alpha value is -1.07. The molecule has 0 N–H and O–H groups in total. The Bertz CT molecular complexity index is 486. The van der Waals surface area contributed by atoms with E-state index in [1.54, 1.807) is 43.4 Å². The van der Waals surface area contributed by atoms with Crippen LogP contribution in [0.2, 0.25) is 10.0 Å². The lowest BCUT2D eigenvalue weighted by molar-refractivity contribution is -0.126. The third-order valence-corrected chi connectivity index (χ3v) is 3.70. The summed E-state index contributed by atoms with van der Waals surface area (Å²) < 4.78 is 10.1. The zero-order chi connectivity index (χ0) is 16.4. The van der Waals surface area contributed by atoms with Gasteiger partial charge in [-0.15, -0.1) is 0 Å². The molecule has 0 saturated carbocycles. The van der Waals surface area contributed by atoms with Gasteiger partial charge in [0.1, 0.15) is 0 Å². The molecule has 0 radical (unpaired) electrons. The second-order valence-corrected chi connectivity index (χ2v) is 5.45. The summed E-state index contributed by atoms with van der Waals surface area (Å²) in [5, 5.41) is 1.03. The molecule has 22 heavy (non-hydrogen) atoms. The summed E-state index contributed by atoms with van der Waals surface area (Å²) in [5.41, 5.74) is 0.641. The van der Waals surface area contributed by atoms with Gasteiger partial charge in [0.2, 0.25) is 5.91 Å². The van der Waals surface area contributed by atoms with Gasteiger partial charge < -0.3 is 14.4 Å². The van der Waals surface area contributed by atoms with Crippen molar-refractivity contribution in [3.63, 3.8) is 0 Å². The third-order valence-electron chi connectivity index (χ3n) is 3.05. The number of rotatable bonds is 9.